The lowest BCUT2D eigenvalue weighted by Crippen LogP contribution is -1.82. The van der Waals surface area contributed by atoms with E-state index in [4.69, 9.17) is 11.1 Å². The van der Waals surface area contributed by atoms with Gasteiger partial charge in [-0.1, -0.05) is 6.07 Å². The second kappa shape index (κ2) is 6.70. The number of allylic oxidation sites excluding steroid dienone is 1. The highest BCUT2D eigenvalue weighted by atomic mass is 19.2. The molecule has 15 heavy (non-hydrogen) atoms. The van der Waals surface area contributed by atoms with Crippen molar-refractivity contribution in [1.82, 2.24) is 0 Å². The van der Waals surface area contributed by atoms with Crippen LogP contribution in [0.15, 0.2) is 30.0 Å². The van der Waals surface area contributed by atoms with E-state index < -0.39 is 11.6 Å². The van der Waals surface area contributed by atoms with E-state index in [2.05, 4.69) is 0 Å². The Balaban J connectivity index is 0.000000288. The monoisotopic (exact) mass is 212 g/mol. The van der Waals surface area contributed by atoms with Crippen LogP contribution in [0.1, 0.15) is 12.5 Å². The Bertz CT molecular complexity index is 360. The summed E-state index contributed by atoms with van der Waals surface area (Å²) in [6, 6.07) is 3.80. The van der Waals surface area contributed by atoms with Crippen LogP contribution in [0.2, 0.25) is 0 Å². The van der Waals surface area contributed by atoms with Gasteiger partial charge in [0.15, 0.2) is 11.6 Å². The van der Waals surface area contributed by atoms with Crippen LogP contribution in [0.3, 0.4) is 0 Å². The summed E-state index contributed by atoms with van der Waals surface area (Å²) >= 11 is 0. The molecule has 4 heteroatoms. The number of hydrogen-bond acceptors (Lipinski definition) is 2. The second-order valence-corrected chi connectivity index (χ2v) is 2.97. The molecule has 0 unspecified atom stereocenters. The third-order valence-corrected chi connectivity index (χ3v) is 1.57. The molecule has 0 saturated heterocycles. The first-order chi connectivity index (χ1) is 7.01. The summed E-state index contributed by atoms with van der Waals surface area (Å²) in [6.45, 7) is 3.48. The van der Waals surface area contributed by atoms with Gasteiger partial charge >= 0.3 is 0 Å². The molecule has 3 N–H and O–H groups in total. The molecular formula is C11H14F2N2. The fourth-order valence-electron chi connectivity index (χ4n) is 0.649. The first kappa shape index (κ1) is 13.3. The van der Waals surface area contributed by atoms with Crippen molar-refractivity contribution in [3.63, 3.8) is 0 Å². The Hall–Kier alpha value is -1.71. The zero-order valence-corrected chi connectivity index (χ0v) is 8.72. The van der Waals surface area contributed by atoms with Crippen LogP contribution < -0.4 is 5.73 Å². The minimum absolute atomic E-state index is 0.730. The first-order valence-corrected chi connectivity index (χ1v) is 4.32. The zero-order valence-electron chi connectivity index (χ0n) is 8.72. The van der Waals surface area contributed by atoms with Crippen LogP contribution in [0.25, 0.3) is 0 Å². The molecule has 0 aliphatic rings. The number of benzene rings is 1. The number of hydrogen-bond donors (Lipinski definition) is 2. The maximum Gasteiger partial charge on any atom is 0.159 e. The Morgan fingerprint density at radius 1 is 1.33 bits per heavy atom. The lowest BCUT2D eigenvalue weighted by atomic mass is 10.2. The van der Waals surface area contributed by atoms with Crippen molar-refractivity contribution in [2.75, 3.05) is 0 Å². The third-order valence-electron chi connectivity index (χ3n) is 1.57. The van der Waals surface area contributed by atoms with Crippen molar-refractivity contribution in [2.45, 2.75) is 13.8 Å². The minimum atomic E-state index is -0.791. The maximum absolute atomic E-state index is 12.2. The predicted molar refractivity (Wildman–Crippen MR) is 57.8 cm³/mol. The number of rotatable bonds is 1. The molecule has 2 nitrogen and oxygen atoms in total. The van der Waals surface area contributed by atoms with Gasteiger partial charge in [0, 0.05) is 6.21 Å². The van der Waals surface area contributed by atoms with Gasteiger partial charge in [0.1, 0.15) is 0 Å². The Morgan fingerprint density at radius 2 is 1.93 bits per heavy atom. The summed E-state index contributed by atoms with van der Waals surface area (Å²) < 4.78 is 24.3. The van der Waals surface area contributed by atoms with E-state index in [-0.39, 0.29) is 0 Å². The summed E-state index contributed by atoms with van der Waals surface area (Å²) in [4.78, 5) is 0. The van der Waals surface area contributed by atoms with Crippen molar-refractivity contribution in [2.24, 2.45) is 5.73 Å². The zero-order chi connectivity index (χ0) is 11.8. The molecule has 0 saturated carbocycles. The topological polar surface area (TPSA) is 49.9 Å². The molecule has 0 aromatic heterocycles. The number of halogens is 2. The van der Waals surface area contributed by atoms with Gasteiger partial charge in [-0.15, -0.1) is 0 Å². The van der Waals surface area contributed by atoms with Gasteiger partial charge in [0.05, 0.1) is 0 Å². The molecule has 1 aromatic rings. The molecule has 0 spiro atoms. The summed E-state index contributed by atoms with van der Waals surface area (Å²) in [5.41, 5.74) is 6.49. The molecule has 1 aromatic carbocycles. The van der Waals surface area contributed by atoms with Gasteiger partial charge in [-0.3, -0.25) is 0 Å². The molecule has 0 heterocycles. The lowest BCUT2D eigenvalue weighted by Gasteiger charge is -1.91. The van der Waals surface area contributed by atoms with Crippen LogP contribution in [-0.2, 0) is 0 Å². The van der Waals surface area contributed by atoms with Crippen LogP contribution >= 0.6 is 0 Å². The smallest absolute Gasteiger partial charge is 0.159 e. The molecular weight excluding hydrogens is 198 g/mol. The molecule has 0 fully saturated rings. The van der Waals surface area contributed by atoms with E-state index in [1.165, 1.54) is 18.5 Å². The largest absolute Gasteiger partial charge is 0.404 e. The van der Waals surface area contributed by atoms with E-state index in [1.807, 2.05) is 0 Å². The van der Waals surface area contributed by atoms with Crippen molar-refractivity contribution in [1.29, 1.82) is 5.41 Å². The highest BCUT2D eigenvalue weighted by Gasteiger charge is 1.97. The highest BCUT2D eigenvalue weighted by Crippen LogP contribution is 2.06. The van der Waals surface area contributed by atoms with E-state index in [9.17, 15) is 8.78 Å². The average Bonchev–Trinajstić information content (AvgIpc) is 2.23. The van der Waals surface area contributed by atoms with Crippen LogP contribution in [-0.4, -0.2) is 6.21 Å². The molecule has 0 atom stereocenters. The van der Waals surface area contributed by atoms with Crippen molar-refractivity contribution in [3.8, 4) is 0 Å². The normalized spacial score (nSPS) is 10.3. The van der Waals surface area contributed by atoms with Gasteiger partial charge in [0.2, 0.25) is 0 Å². The number of nitrogens with two attached hydrogens (primary N) is 1. The second-order valence-electron chi connectivity index (χ2n) is 2.97. The molecule has 0 aliphatic carbocycles. The van der Waals surface area contributed by atoms with Crippen LogP contribution in [0.4, 0.5) is 8.78 Å². The molecule has 0 bridgehead atoms. The maximum atomic E-state index is 12.2. The van der Waals surface area contributed by atoms with Gasteiger partial charge in [0.25, 0.3) is 0 Å². The summed E-state index contributed by atoms with van der Waals surface area (Å²) in [5.74, 6) is -1.57. The Morgan fingerprint density at radius 3 is 2.20 bits per heavy atom. The third kappa shape index (κ3) is 5.57. The van der Waals surface area contributed by atoms with E-state index >= 15 is 0 Å². The molecule has 1 rings (SSSR count). The quantitative estimate of drug-likeness (QED) is 0.691. The molecule has 0 radical (unpaired) electrons. The Labute approximate surface area is 87.9 Å². The fourth-order valence-corrected chi connectivity index (χ4v) is 0.649. The van der Waals surface area contributed by atoms with Crippen molar-refractivity contribution < 1.29 is 8.78 Å². The van der Waals surface area contributed by atoms with Crippen molar-refractivity contribution in [3.05, 3.63) is 47.2 Å². The number of nitrogens with one attached hydrogen (secondary N) is 1. The minimum Gasteiger partial charge on any atom is -0.404 e. The summed E-state index contributed by atoms with van der Waals surface area (Å²) in [6.07, 6.45) is 2.60. The van der Waals surface area contributed by atoms with Gasteiger partial charge in [-0.2, -0.15) is 0 Å². The van der Waals surface area contributed by atoms with Gasteiger partial charge < -0.3 is 11.1 Å². The molecule has 82 valence electrons. The summed E-state index contributed by atoms with van der Waals surface area (Å²) in [7, 11) is 0. The van der Waals surface area contributed by atoms with Gasteiger partial charge in [-0.05, 0) is 43.3 Å². The van der Waals surface area contributed by atoms with Crippen molar-refractivity contribution >= 4 is 6.21 Å². The predicted octanol–water partition coefficient (Wildman–Crippen LogP) is 2.77. The first-order valence-electron chi connectivity index (χ1n) is 4.32. The molecule has 0 aliphatic heterocycles. The summed E-state index contributed by atoms with van der Waals surface area (Å²) in [5, 5.41) is 6.54. The van der Waals surface area contributed by atoms with Crippen LogP contribution in [0, 0.1) is 24.0 Å². The highest BCUT2D eigenvalue weighted by molar-refractivity contribution is 5.74. The number of aryl methyl sites for hydroxylation is 1. The average molecular weight is 212 g/mol. The standard InChI is InChI=1S/C7H6F2.C4H8N2/c1-5-2-3-6(8)7(9)4-5;1-4(2-5)3-6/h2-4H,1H3;2-3,5H,6H2,1H3/b;4-3-,5-2?. The van der Waals surface area contributed by atoms with Gasteiger partial charge in [-0.25, -0.2) is 8.78 Å². The fraction of sp³-hybridized carbons (Fsp3) is 0.182. The molecule has 0 amide bonds. The van der Waals surface area contributed by atoms with Crippen LogP contribution in [0.5, 0.6) is 0 Å². The van der Waals surface area contributed by atoms with E-state index in [1.54, 1.807) is 13.8 Å². The van der Waals surface area contributed by atoms with E-state index in [0.29, 0.717) is 0 Å². The SMILES string of the molecule is C/C(C=N)=C/N.Cc1ccc(F)c(F)c1. The Kier molecular flexibility index (Phi) is 5.94. The van der Waals surface area contributed by atoms with E-state index in [0.717, 1.165) is 23.3 Å². The lowest BCUT2D eigenvalue weighted by molar-refractivity contribution is 0.508.